The topological polar surface area (TPSA) is 67.2 Å². The van der Waals surface area contributed by atoms with Gasteiger partial charge in [0.1, 0.15) is 4.90 Å². The van der Waals surface area contributed by atoms with Crippen molar-refractivity contribution >= 4 is 10.0 Å². The fourth-order valence-corrected chi connectivity index (χ4v) is 4.24. The van der Waals surface area contributed by atoms with Crippen LogP contribution in [-0.2, 0) is 16.6 Å². The molecule has 1 saturated carbocycles. The maximum absolute atomic E-state index is 12.7. The summed E-state index contributed by atoms with van der Waals surface area (Å²) in [5.74, 6) is 0. The normalized spacial score (nSPS) is 16.1. The molecule has 1 aliphatic carbocycles. The molecular weight excluding hydrogens is 276 g/mol. The van der Waals surface area contributed by atoms with E-state index in [0.717, 1.165) is 38.0 Å². The van der Waals surface area contributed by atoms with Gasteiger partial charge in [0.25, 0.3) is 0 Å². The van der Waals surface area contributed by atoms with Gasteiger partial charge in [0.05, 0.1) is 11.4 Å². The first-order valence-corrected chi connectivity index (χ1v) is 8.50. The highest BCUT2D eigenvalue weighted by atomic mass is 32.2. The van der Waals surface area contributed by atoms with Crippen LogP contribution in [0.25, 0.3) is 0 Å². The SMILES string of the molecule is CNCCCn1nc(C)c(S(=O)(=O)N(C)C2CC2)c1C. The molecule has 0 unspecified atom stereocenters. The number of rotatable bonds is 7. The number of aryl methyl sites for hydroxylation is 2. The summed E-state index contributed by atoms with van der Waals surface area (Å²) in [6.07, 6.45) is 2.85. The highest BCUT2D eigenvalue weighted by Gasteiger charge is 2.37. The molecule has 0 aliphatic heterocycles. The first-order chi connectivity index (χ1) is 9.39. The van der Waals surface area contributed by atoms with E-state index in [9.17, 15) is 8.42 Å². The van der Waals surface area contributed by atoms with Crippen molar-refractivity contribution in [3.63, 3.8) is 0 Å². The summed E-state index contributed by atoms with van der Waals surface area (Å²) in [6, 6.07) is 0.173. The molecule has 114 valence electrons. The molecule has 7 heteroatoms. The maximum Gasteiger partial charge on any atom is 0.246 e. The van der Waals surface area contributed by atoms with Gasteiger partial charge in [0.15, 0.2) is 0 Å². The maximum atomic E-state index is 12.7. The lowest BCUT2D eigenvalue weighted by Gasteiger charge is -2.16. The van der Waals surface area contributed by atoms with Gasteiger partial charge < -0.3 is 5.32 Å². The third-order valence-electron chi connectivity index (χ3n) is 3.81. The molecule has 20 heavy (non-hydrogen) atoms. The van der Waals surface area contributed by atoms with E-state index >= 15 is 0 Å². The van der Waals surface area contributed by atoms with E-state index in [1.165, 1.54) is 4.31 Å². The fourth-order valence-electron chi connectivity index (χ4n) is 2.46. The molecule has 6 nitrogen and oxygen atoms in total. The van der Waals surface area contributed by atoms with E-state index in [1.54, 1.807) is 18.7 Å². The molecule has 1 heterocycles. The zero-order valence-electron chi connectivity index (χ0n) is 12.7. The average molecular weight is 300 g/mol. The van der Waals surface area contributed by atoms with Crippen molar-refractivity contribution in [2.75, 3.05) is 20.6 Å². The minimum atomic E-state index is -3.41. The Morgan fingerprint density at radius 1 is 1.40 bits per heavy atom. The van der Waals surface area contributed by atoms with E-state index in [1.807, 2.05) is 14.0 Å². The van der Waals surface area contributed by atoms with Crippen molar-refractivity contribution in [1.29, 1.82) is 0 Å². The molecule has 0 aromatic carbocycles. The largest absolute Gasteiger partial charge is 0.320 e. The molecule has 1 fully saturated rings. The molecule has 0 atom stereocenters. The highest BCUT2D eigenvalue weighted by molar-refractivity contribution is 7.89. The van der Waals surface area contributed by atoms with Gasteiger partial charge in [0, 0.05) is 19.6 Å². The predicted octanol–water partition coefficient (Wildman–Crippen LogP) is 0.892. The molecule has 1 aromatic heterocycles. The van der Waals surface area contributed by atoms with Crippen molar-refractivity contribution < 1.29 is 8.42 Å². The van der Waals surface area contributed by atoms with E-state index in [-0.39, 0.29) is 6.04 Å². The van der Waals surface area contributed by atoms with E-state index < -0.39 is 10.0 Å². The van der Waals surface area contributed by atoms with Crippen LogP contribution in [0, 0.1) is 13.8 Å². The summed E-state index contributed by atoms with van der Waals surface area (Å²) in [6.45, 7) is 5.24. The van der Waals surface area contributed by atoms with Gasteiger partial charge >= 0.3 is 0 Å². The Hall–Kier alpha value is -0.920. The van der Waals surface area contributed by atoms with Gasteiger partial charge in [-0.1, -0.05) is 0 Å². The quantitative estimate of drug-likeness (QED) is 0.760. The highest BCUT2D eigenvalue weighted by Crippen LogP contribution is 2.32. The monoisotopic (exact) mass is 300 g/mol. The van der Waals surface area contributed by atoms with Gasteiger partial charge in [-0.15, -0.1) is 0 Å². The molecule has 0 bridgehead atoms. The number of nitrogens with zero attached hydrogens (tertiary/aromatic N) is 3. The molecule has 2 rings (SSSR count). The lowest BCUT2D eigenvalue weighted by atomic mass is 10.4. The fraction of sp³-hybridized carbons (Fsp3) is 0.769. The second kappa shape index (κ2) is 5.83. The van der Waals surface area contributed by atoms with Crippen molar-refractivity contribution in [2.45, 2.75) is 50.6 Å². The number of hydrogen-bond donors (Lipinski definition) is 1. The second-order valence-electron chi connectivity index (χ2n) is 5.43. The first-order valence-electron chi connectivity index (χ1n) is 7.06. The Morgan fingerprint density at radius 3 is 2.60 bits per heavy atom. The van der Waals surface area contributed by atoms with Gasteiger partial charge in [0.2, 0.25) is 10.0 Å². The average Bonchev–Trinajstić information content (AvgIpc) is 3.16. The minimum absolute atomic E-state index is 0.173. The van der Waals surface area contributed by atoms with Crippen LogP contribution in [0.15, 0.2) is 4.90 Å². The predicted molar refractivity (Wildman–Crippen MR) is 78.2 cm³/mol. The molecule has 1 aromatic rings. The molecule has 1 aliphatic rings. The zero-order chi connectivity index (χ0) is 14.9. The molecule has 1 N–H and O–H groups in total. The lowest BCUT2D eigenvalue weighted by Crippen LogP contribution is -2.29. The van der Waals surface area contributed by atoms with Crippen LogP contribution in [-0.4, -0.2) is 49.2 Å². The Kier molecular flexibility index (Phi) is 4.51. The van der Waals surface area contributed by atoms with Crippen LogP contribution in [0.4, 0.5) is 0 Å². The molecular formula is C13H24N4O2S. The van der Waals surface area contributed by atoms with Crippen LogP contribution >= 0.6 is 0 Å². The first kappa shape index (κ1) is 15.5. The van der Waals surface area contributed by atoms with Gasteiger partial charge in [-0.05, 0) is 46.7 Å². The van der Waals surface area contributed by atoms with E-state index in [0.29, 0.717) is 10.6 Å². The smallest absolute Gasteiger partial charge is 0.246 e. The van der Waals surface area contributed by atoms with Crippen LogP contribution in [0.1, 0.15) is 30.7 Å². The van der Waals surface area contributed by atoms with Crippen LogP contribution < -0.4 is 5.32 Å². The zero-order valence-corrected chi connectivity index (χ0v) is 13.5. The van der Waals surface area contributed by atoms with E-state index in [4.69, 9.17) is 0 Å². The van der Waals surface area contributed by atoms with E-state index in [2.05, 4.69) is 10.4 Å². The standard InChI is InChI=1S/C13H24N4O2S/c1-10-13(20(18,19)16(4)12-6-7-12)11(2)17(15-10)9-5-8-14-3/h12,14H,5-9H2,1-4H3. The lowest BCUT2D eigenvalue weighted by molar-refractivity contribution is 0.463. The number of nitrogens with one attached hydrogen (secondary N) is 1. The Morgan fingerprint density at radius 2 is 2.05 bits per heavy atom. The van der Waals surface area contributed by atoms with Crippen molar-refractivity contribution in [2.24, 2.45) is 0 Å². The minimum Gasteiger partial charge on any atom is -0.320 e. The van der Waals surface area contributed by atoms with Crippen molar-refractivity contribution in [1.82, 2.24) is 19.4 Å². The van der Waals surface area contributed by atoms with Gasteiger partial charge in [-0.3, -0.25) is 4.68 Å². The summed E-state index contributed by atoms with van der Waals surface area (Å²) < 4.78 is 28.6. The summed E-state index contributed by atoms with van der Waals surface area (Å²) in [7, 11) is 0.163. The number of aromatic nitrogens is 2. The molecule has 0 saturated heterocycles. The third kappa shape index (κ3) is 2.89. The number of hydrogen-bond acceptors (Lipinski definition) is 4. The molecule has 0 radical (unpaired) electrons. The third-order valence-corrected chi connectivity index (χ3v) is 5.97. The van der Waals surface area contributed by atoms with Crippen LogP contribution in [0.3, 0.4) is 0 Å². The molecule has 0 amide bonds. The summed E-state index contributed by atoms with van der Waals surface area (Å²) >= 11 is 0. The van der Waals surface area contributed by atoms with Gasteiger partial charge in [-0.25, -0.2) is 8.42 Å². The second-order valence-corrected chi connectivity index (χ2v) is 7.37. The Balaban J connectivity index is 2.27. The van der Waals surface area contributed by atoms with Gasteiger partial charge in [-0.2, -0.15) is 9.40 Å². The van der Waals surface area contributed by atoms with Crippen molar-refractivity contribution in [3.8, 4) is 0 Å². The molecule has 0 spiro atoms. The van der Waals surface area contributed by atoms with Crippen molar-refractivity contribution in [3.05, 3.63) is 11.4 Å². The summed E-state index contributed by atoms with van der Waals surface area (Å²) in [5, 5.41) is 7.48. The Labute approximate surface area is 121 Å². The Bertz CT molecular complexity index is 575. The summed E-state index contributed by atoms with van der Waals surface area (Å²) in [4.78, 5) is 0.386. The van der Waals surface area contributed by atoms with Crippen LogP contribution in [0.2, 0.25) is 0 Å². The summed E-state index contributed by atoms with van der Waals surface area (Å²) in [5.41, 5.74) is 1.34. The number of sulfonamides is 1. The van der Waals surface area contributed by atoms with Crippen LogP contribution in [0.5, 0.6) is 0 Å².